The zero-order valence-corrected chi connectivity index (χ0v) is 21.8. The van der Waals surface area contributed by atoms with Gasteiger partial charge in [0.25, 0.3) is 5.91 Å². The van der Waals surface area contributed by atoms with Gasteiger partial charge in [0.1, 0.15) is 18.4 Å². The third-order valence-corrected chi connectivity index (χ3v) is 6.42. The molecule has 7 nitrogen and oxygen atoms in total. The van der Waals surface area contributed by atoms with Crippen LogP contribution in [0, 0.1) is 5.82 Å². The molecular weight excluding hydrogens is 541 g/mol. The van der Waals surface area contributed by atoms with E-state index in [4.69, 9.17) is 9.47 Å². The molecule has 3 aromatic rings. The Bertz CT molecular complexity index is 1260. The smallest absolute Gasteiger partial charge is 0.253 e. The Morgan fingerprint density at radius 2 is 2.06 bits per heavy atom. The number of hydrogen-bond acceptors (Lipinski definition) is 5. The Morgan fingerprint density at radius 1 is 1.29 bits per heavy atom. The van der Waals surface area contributed by atoms with Gasteiger partial charge in [-0.3, -0.25) is 9.59 Å². The molecule has 1 aliphatic heterocycles. The van der Waals surface area contributed by atoms with Crippen LogP contribution in [-0.2, 0) is 16.1 Å². The number of rotatable bonds is 6. The first-order valence-electron chi connectivity index (χ1n) is 10.8. The van der Waals surface area contributed by atoms with E-state index in [0.717, 1.165) is 20.8 Å². The Labute approximate surface area is 217 Å². The minimum Gasteiger partial charge on any atom is -0.496 e. The molecule has 0 radical (unpaired) electrons. The van der Waals surface area contributed by atoms with Crippen LogP contribution in [0.1, 0.15) is 12.5 Å². The van der Waals surface area contributed by atoms with Crippen molar-refractivity contribution in [3.63, 3.8) is 0 Å². The summed E-state index contributed by atoms with van der Waals surface area (Å²) in [6, 6.07) is 12.5. The largest absolute Gasteiger partial charge is 0.496 e. The standard InChI is InChI=1S/C25H25BrFN3O4.ClH/c1-14(28-2)24(31)29-20-13-34-23-19(27)5-4-6-21(23)30(25(20)32)12-18-17-9-8-16(26)11-15(17)7-10-22(18)33-3;/h4-11,14,20,28H,12-13H2,1-3H3,(H,29,31);1H. The summed E-state index contributed by atoms with van der Waals surface area (Å²) in [5, 5.41) is 7.41. The predicted molar refractivity (Wildman–Crippen MR) is 139 cm³/mol. The first kappa shape index (κ1) is 26.7. The Kier molecular flexibility index (Phi) is 8.58. The molecular formula is C25H26BrClFN3O4. The second kappa shape index (κ2) is 11.2. The van der Waals surface area contributed by atoms with Crippen LogP contribution in [0.15, 0.2) is 53.0 Å². The number of fused-ring (bicyclic) bond motifs is 2. The van der Waals surface area contributed by atoms with E-state index in [-0.39, 0.29) is 37.2 Å². The minimum absolute atomic E-state index is 0. The van der Waals surface area contributed by atoms with Crippen molar-refractivity contribution in [2.75, 3.05) is 25.7 Å². The molecule has 0 saturated carbocycles. The van der Waals surface area contributed by atoms with E-state index < -0.39 is 23.8 Å². The molecule has 10 heteroatoms. The molecule has 1 aliphatic rings. The number of anilines is 1. The van der Waals surface area contributed by atoms with Crippen molar-refractivity contribution in [1.29, 1.82) is 0 Å². The molecule has 3 aromatic carbocycles. The summed E-state index contributed by atoms with van der Waals surface area (Å²) in [7, 11) is 3.21. The zero-order chi connectivity index (χ0) is 24.4. The van der Waals surface area contributed by atoms with E-state index in [1.54, 1.807) is 27.1 Å². The summed E-state index contributed by atoms with van der Waals surface area (Å²) < 4.78 is 26.9. The first-order valence-corrected chi connectivity index (χ1v) is 11.6. The Balaban J connectivity index is 0.00000342. The Morgan fingerprint density at radius 3 is 2.77 bits per heavy atom. The number of benzene rings is 3. The van der Waals surface area contributed by atoms with Crippen LogP contribution in [0.3, 0.4) is 0 Å². The van der Waals surface area contributed by atoms with Crippen LogP contribution in [0.4, 0.5) is 10.1 Å². The lowest BCUT2D eigenvalue weighted by Gasteiger charge is -2.27. The van der Waals surface area contributed by atoms with Crippen molar-refractivity contribution in [3.05, 3.63) is 64.4 Å². The average molecular weight is 567 g/mol. The predicted octanol–water partition coefficient (Wildman–Crippen LogP) is 4.19. The lowest BCUT2D eigenvalue weighted by molar-refractivity contribution is -0.129. The van der Waals surface area contributed by atoms with Gasteiger partial charge in [0.15, 0.2) is 11.6 Å². The fraction of sp³-hybridized carbons (Fsp3) is 0.280. The van der Waals surface area contributed by atoms with Gasteiger partial charge in [0.05, 0.1) is 25.4 Å². The number of likely N-dealkylation sites (N-methyl/N-ethyl adjacent to an activating group) is 1. The molecule has 0 saturated heterocycles. The van der Waals surface area contributed by atoms with Crippen molar-refractivity contribution in [1.82, 2.24) is 10.6 Å². The third kappa shape index (κ3) is 5.37. The SMILES string of the molecule is CNC(C)C(=O)NC1COc2c(F)cccc2N(Cc2c(OC)ccc3cc(Br)ccc23)C1=O.Cl. The van der Waals surface area contributed by atoms with Gasteiger partial charge in [-0.2, -0.15) is 0 Å². The van der Waals surface area contributed by atoms with Gasteiger partial charge < -0.3 is 25.0 Å². The van der Waals surface area contributed by atoms with Gasteiger partial charge in [-0.15, -0.1) is 12.4 Å². The van der Waals surface area contributed by atoms with E-state index in [1.165, 1.54) is 17.0 Å². The molecule has 35 heavy (non-hydrogen) atoms. The summed E-state index contributed by atoms with van der Waals surface area (Å²) in [5.41, 5.74) is 1.05. The highest BCUT2D eigenvalue weighted by Crippen LogP contribution is 2.38. The summed E-state index contributed by atoms with van der Waals surface area (Å²) >= 11 is 3.49. The first-order chi connectivity index (χ1) is 16.3. The Hall–Kier alpha value is -2.88. The topological polar surface area (TPSA) is 79.9 Å². The number of nitrogens with one attached hydrogen (secondary N) is 2. The number of nitrogens with zero attached hydrogens (tertiary/aromatic N) is 1. The van der Waals surface area contributed by atoms with Crippen LogP contribution in [-0.4, -0.2) is 44.7 Å². The quantitative estimate of drug-likeness (QED) is 0.468. The van der Waals surface area contributed by atoms with Crippen LogP contribution in [0.25, 0.3) is 10.8 Å². The molecule has 1 heterocycles. The maximum atomic E-state index is 14.7. The molecule has 186 valence electrons. The van der Waals surface area contributed by atoms with Crippen LogP contribution in [0.5, 0.6) is 11.5 Å². The number of halogens is 3. The number of amides is 2. The number of methoxy groups -OCH3 is 1. The van der Waals surface area contributed by atoms with Crippen molar-refractivity contribution in [2.45, 2.75) is 25.6 Å². The van der Waals surface area contributed by atoms with Gasteiger partial charge in [-0.05, 0) is 55.1 Å². The number of carbonyl (C=O) groups is 2. The molecule has 0 fully saturated rings. The van der Waals surface area contributed by atoms with Gasteiger partial charge in [-0.25, -0.2) is 4.39 Å². The van der Waals surface area contributed by atoms with E-state index in [0.29, 0.717) is 11.4 Å². The number of para-hydroxylation sites is 1. The van der Waals surface area contributed by atoms with Crippen LogP contribution < -0.4 is 25.0 Å². The molecule has 2 N–H and O–H groups in total. The molecule has 2 amide bonds. The molecule has 2 atom stereocenters. The molecule has 0 spiro atoms. The monoisotopic (exact) mass is 565 g/mol. The number of hydrogen-bond donors (Lipinski definition) is 2. The van der Waals surface area contributed by atoms with E-state index in [2.05, 4.69) is 26.6 Å². The van der Waals surface area contributed by atoms with Gasteiger partial charge in [0, 0.05) is 10.0 Å². The summed E-state index contributed by atoms with van der Waals surface area (Å²) in [5.74, 6) is -0.786. The number of ether oxygens (including phenoxy) is 2. The fourth-order valence-electron chi connectivity index (χ4n) is 3.95. The van der Waals surface area contributed by atoms with E-state index in [9.17, 15) is 14.0 Å². The third-order valence-electron chi connectivity index (χ3n) is 5.92. The van der Waals surface area contributed by atoms with Gasteiger partial charge >= 0.3 is 0 Å². The summed E-state index contributed by atoms with van der Waals surface area (Å²) in [4.78, 5) is 27.7. The highest BCUT2D eigenvalue weighted by atomic mass is 79.9. The maximum Gasteiger partial charge on any atom is 0.253 e. The highest BCUT2D eigenvalue weighted by molar-refractivity contribution is 9.10. The van der Waals surface area contributed by atoms with Crippen molar-refractivity contribution < 1.29 is 23.5 Å². The second-order valence-corrected chi connectivity index (χ2v) is 8.92. The summed E-state index contributed by atoms with van der Waals surface area (Å²) in [6.07, 6.45) is 0. The normalized spacial score (nSPS) is 16.0. The molecule has 0 bridgehead atoms. The molecule has 0 aromatic heterocycles. The van der Waals surface area contributed by atoms with E-state index in [1.807, 2.05) is 30.3 Å². The number of carbonyl (C=O) groups excluding carboxylic acids is 2. The van der Waals surface area contributed by atoms with Crippen molar-refractivity contribution >= 4 is 56.6 Å². The van der Waals surface area contributed by atoms with Gasteiger partial charge in [-0.1, -0.05) is 34.1 Å². The minimum atomic E-state index is -0.995. The molecule has 0 aliphatic carbocycles. The summed E-state index contributed by atoms with van der Waals surface area (Å²) in [6.45, 7) is 1.59. The molecule has 4 rings (SSSR count). The maximum absolute atomic E-state index is 14.7. The fourth-order valence-corrected chi connectivity index (χ4v) is 4.33. The van der Waals surface area contributed by atoms with Crippen LogP contribution in [0.2, 0.25) is 0 Å². The van der Waals surface area contributed by atoms with E-state index >= 15 is 0 Å². The zero-order valence-electron chi connectivity index (χ0n) is 19.4. The average Bonchev–Trinajstić information content (AvgIpc) is 2.96. The lowest BCUT2D eigenvalue weighted by atomic mass is 10.0. The lowest BCUT2D eigenvalue weighted by Crippen LogP contribution is -2.53. The van der Waals surface area contributed by atoms with Crippen molar-refractivity contribution in [2.24, 2.45) is 0 Å². The van der Waals surface area contributed by atoms with Crippen molar-refractivity contribution in [3.8, 4) is 11.5 Å². The second-order valence-electron chi connectivity index (χ2n) is 8.01. The highest BCUT2D eigenvalue weighted by Gasteiger charge is 2.35. The van der Waals surface area contributed by atoms with Gasteiger partial charge in [0.2, 0.25) is 5.91 Å². The van der Waals surface area contributed by atoms with Crippen LogP contribution >= 0.6 is 28.3 Å². The molecule has 2 unspecified atom stereocenters.